The Kier molecular flexibility index (Phi) is 6.40. The first-order valence-electron chi connectivity index (χ1n) is 15.7. The van der Waals surface area contributed by atoms with E-state index in [0.29, 0.717) is 29.2 Å². The lowest BCUT2D eigenvalue weighted by molar-refractivity contribution is -0.130. The number of ether oxygens (including phenoxy) is 1. The van der Waals surface area contributed by atoms with Crippen molar-refractivity contribution in [3.63, 3.8) is 0 Å². The van der Waals surface area contributed by atoms with Gasteiger partial charge in [-0.2, -0.15) is 0 Å². The van der Waals surface area contributed by atoms with Gasteiger partial charge in [0.25, 0.3) is 0 Å². The number of amides is 2. The highest BCUT2D eigenvalue weighted by Crippen LogP contribution is 2.74. The summed E-state index contributed by atoms with van der Waals surface area (Å²) in [7, 11) is 0. The van der Waals surface area contributed by atoms with Crippen LogP contribution in [0.1, 0.15) is 29.2 Å². The molecule has 0 radical (unpaired) electrons. The number of carbonyl (C=O) groups is 3. The predicted octanol–water partition coefficient (Wildman–Crippen LogP) is 7.27. The predicted molar refractivity (Wildman–Crippen MR) is 178 cm³/mol. The largest absolute Gasteiger partial charge is 0.494 e. The average Bonchev–Trinajstić information content (AvgIpc) is 3.62. The van der Waals surface area contributed by atoms with E-state index in [2.05, 4.69) is 0 Å². The normalized spacial score (nSPS) is 24.9. The molecule has 8 rings (SSSR count). The minimum Gasteiger partial charge on any atom is -0.494 e. The highest BCUT2D eigenvalue weighted by atomic mass is 16.5. The molecule has 1 aliphatic heterocycles. The average molecular weight is 602 g/mol. The highest BCUT2D eigenvalue weighted by molar-refractivity contribution is 6.39. The Morgan fingerprint density at radius 1 is 0.543 bits per heavy atom. The van der Waals surface area contributed by atoms with Gasteiger partial charge in [-0.1, -0.05) is 121 Å². The second kappa shape index (κ2) is 10.5. The third kappa shape index (κ3) is 3.54. The minimum absolute atomic E-state index is 0.127. The summed E-state index contributed by atoms with van der Waals surface area (Å²) in [6, 6.07) is 46.0. The first kappa shape index (κ1) is 28.0. The molecular weight excluding hydrogens is 570 g/mol. The number of anilines is 1. The summed E-state index contributed by atoms with van der Waals surface area (Å²) in [4.78, 5) is 47.2. The number of benzene rings is 5. The number of rotatable bonds is 7. The summed E-state index contributed by atoms with van der Waals surface area (Å²) in [5.74, 6) is -2.11. The number of hydrogen-bond donors (Lipinski definition) is 0. The van der Waals surface area contributed by atoms with Crippen molar-refractivity contribution in [1.29, 1.82) is 0 Å². The van der Waals surface area contributed by atoms with Gasteiger partial charge in [0, 0.05) is 0 Å². The van der Waals surface area contributed by atoms with Crippen LogP contribution >= 0.6 is 0 Å². The van der Waals surface area contributed by atoms with Crippen LogP contribution in [0.4, 0.5) is 5.69 Å². The van der Waals surface area contributed by atoms with E-state index < -0.39 is 22.7 Å². The molecule has 1 heterocycles. The van der Waals surface area contributed by atoms with Crippen molar-refractivity contribution in [3.05, 3.63) is 168 Å². The Bertz CT molecular complexity index is 1880. The number of fused-ring (bicyclic) bond motifs is 5. The van der Waals surface area contributed by atoms with Gasteiger partial charge in [-0.15, -0.1) is 0 Å². The zero-order valence-corrected chi connectivity index (χ0v) is 25.3. The maximum atomic E-state index is 15.9. The summed E-state index contributed by atoms with van der Waals surface area (Å²) < 4.78 is 5.64. The quantitative estimate of drug-likeness (QED) is 0.184. The van der Waals surface area contributed by atoms with Crippen LogP contribution in [0.15, 0.2) is 146 Å². The first-order valence-corrected chi connectivity index (χ1v) is 15.7. The molecule has 0 aromatic heterocycles. The fraction of sp³-hybridized carbons (Fsp3) is 0.146. The Balaban J connectivity index is 1.50. The molecule has 4 atom stereocenters. The van der Waals surface area contributed by atoms with E-state index in [-0.39, 0.29) is 17.6 Å². The molecule has 3 aliphatic rings. The van der Waals surface area contributed by atoms with Gasteiger partial charge < -0.3 is 4.74 Å². The Hall–Kier alpha value is -5.55. The molecule has 5 heteroatoms. The molecule has 2 fully saturated rings. The molecule has 46 heavy (non-hydrogen) atoms. The molecule has 5 aromatic carbocycles. The lowest BCUT2D eigenvalue weighted by atomic mass is 9.59. The fourth-order valence-corrected chi connectivity index (χ4v) is 8.45. The van der Waals surface area contributed by atoms with Crippen LogP contribution in [0, 0.1) is 11.8 Å². The van der Waals surface area contributed by atoms with Gasteiger partial charge in [0.05, 0.1) is 35.0 Å². The van der Waals surface area contributed by atoms with Crippen molar-refractivity contribution >= 4 is 34.4 Å². The van der Waals surface area contributed by atoms with Gasteiger partial charge in [-0.3, -0.25) is 14.4 Å². The molecule has 0 spiro atoms. The Morgan fingerprint density at radius 2 is 0.935 bits per heavy atom. The maximum absolute atomic E-state index is 15.9. The fourth-order valence-electron chi connectivity index (χ4n) is 8.45. The van der Waals surface area contributed by atoms with E-state index >= 15 is 14.4 Å². The number of ketones is 1. The van der Waals surface area contributed by atoms with Gasteiger partial charge in [0.1, 0.15) is 5.75 Å². The molecule has 4 unspecified atom stereocenters. The van der Waals surface area contributed by atoms with Crippen molar-refractivity contribution in [2.75, 3.05) is 11.5 Å². The van der Waals surface area contributed by atoms with Crippen LogP contribution < -0.4 is 9.64 Å². The van der Waals surface area contributed by atoms with Crippen LogP contribution in [0.25, 0.3) is 11.1 Å². The second-order valence-corrected chi connectivity index (χ2v) is 12.1. The van der Waals surface area contributed by atoms with Gasteiger partial charge in [0.15, 0.2) is 5.78 Å². The SMILES string of the molecule is CCOc1ccc(N2C(=O)C3C(C2=O)C2(c4ccccc4)C(=O)C3(c3ccccc3)C(c3ccccc3)=C2c2ccccc2)cc1. The van der Waals surface area contributed by atoms with E-state index in [1.807, 2.05) is 128 Å². The topological polar surface area (TPSA) is 63.7 Å². The van der Waals surface area contributed by atoms with Crippen LogP contribution in [0.3, 0.4) is 0 Å². The molecule has 224 valence electrons. The number of imide groups is 1. The van der Waals surface area contributed by atoms with E-state index in [1.165, 1.54) is 4.90 Å². The van der Waals surface area contributed by atoms with Crippen molar-refractivity contribution in [2.24, 2.45) is 11.8 Å². The lowest BCUT2D eigenvalue weighted by Crippen LogP contribution is -2.45. The number of allylic oxidation sites excluding steroid dienone is 2. The molecular formula is C41H31NO4. The molecule has 5 aromatic rings. The summed E-state index contributed by atoms with van der Waals surface area (Å²) >= 11 is 0. The summed E-state index contributed by atoms with van der Waals surface area (Å²) in [5.41, 5.74) is 2.35. The summed E-state index contributed by atoms with van der Waals surface area (Å²) in [6.07, 6.45) is 0. The van der Waals surface area contributed by atoms with Gasteiger partial charge >= 0.3 is 0 Å². The lowest BCUT2D eigenvalue weighted by Gasteiger charge is -2.39. The van der Waals surface area contributed by atoms with Crippen molar-refractivity contribution in [3.8, 4) is 5.75 Å². The summed E-state index contributed by atoms with van der Waals surface area (Å²) in [5, 5.41) is 0. The van der Waals surface area contributed by atoms with Crippen LogP contribution in [0.5, 0.6) is 5.75 Å². The maximum Gasteiger partial charge on any atom is 0.239 e. The molecule has 2 aliphatic carbocycles. The number of nitrogens with zero attached hydrogens (tertiary/aromatic N) is 1. The Labute approximate surface area is 267 Å². The number of Topliss-reactive ketones (excluding diaryl/α,β-unsaturated/α-hetero) is 1. The summed E-state index contributed by atoms with van der Waals surface area (Å²) in [6.45, 7) is 2.41. The van der Waals surface area contributed by atoms with E-state index in [0.717, 1.165) is 22.3 Å². The van der Waals surface area contributed by atoms with Gasteiger partial charge in [-0.25, -0.2) is 4.90 Å². The zero-order valence-electron chi connectivity index (χ0n) is 25.3. The monoisotopic (exact) mass is 601 g/mol. The molecule has 1 saturated carbocycles. The number of hydrogen-bond acceptors (Lipinski definition) is 4. The third-order valence-electron chi connectivity index (χ3n) is 9.98. The minimum atomic E-state index is -1.42. The smallest absolute Gasteiger partial charge is 0.239 e. The molecule has 2 amide bonds. The molecule has 1 saturated heterocycles. The first-order chi connectivity index (χ1) is 22.6. The second-order valence-electron chi connectivity index (χ2n) is 12.1. The van der Waals surface area contributed by atoms with E-state index in [4.69, 9.17) is 4.74 Å². The standard InChI is InChI=1S/C41H31NO4/c1-2-46-32-25-23-31(24-26-32)42-37(43)35-36(38(42)44)41(30-21-13-6-14-22-30)34(28-17-9-4-10-18-28)33(27-15-7-3-8-16-27)40(35,39(41)45)29-19-11-5-12-20-29/h3-26,35-36H,2H2,1H3. The van der Waals surface area contributed by atoms with E-state index in [1.54, 1.807) is 24.3 Å². The highest BCUT2D eigenvalue weighted by Gasteiger charge is 2.82. The van der Waals surface area contributed by atoms with Crippen LogP contribution in [-0.2, 0) is 25.2 Å². The molecule has 2 bridgehead atoms. The Morgan fingerprint density at radius 3 is 1.33 bits per heavy atom. The van der Waals surface area contributed by atoms with Gasteiger partial charge in [-0.05, 0) is 64.6 Å². The zero-order chi connectivity index (χ0) is 31.5. The van der Waals surface area contributed by atoms with E-state index in [9.17, 15) is 0 Å². The third-order valence-corrected chi connectivity index (χ3v) is 9.98. The van der Waals surface area contributed by atoms with Gasteiger partial charge in [0.2, 0.25) is 11.8 Å². The van der Waals surface area contributed by atoms with Crippen molar-refractivity contribution in [2.45, 2.75) is 17.8 Å². The van der Waals surface area contributed by atoms with Crippen LogP contribution in [0.2, 0.25) is 0 Å². The molecule has 0 N–H and O–H groups in total. The molecule has 5 nitrogen and oxygen atoms in total. The van der Waals surface area contributed by atoms with Crippen molar-refractivity contribution in [1.82, 2.24) is 0 Å². The van der Waals surface area contributed by atoms with Crippen LogP contribution in [-0.4, -0.2) is 24.2 Å². The number of carbonyl (C=O) groups excluding carboxylic acids is 3. The van der Waals surface area contributed by atoms with Crippen molar-refractivity contribution < 1.29 is 19.1 Å².